The first-order valence-corrected chi connectivity index (χ1v) is 6.94. The molecule has 4 nitrogen and oxygen atoms in total. The van der Waals surface area contributed by atoms with Gasteiger partial charge in [0.2, 0.25) is 11.8 Å². The Labute approximate surface area is 115 Å². The number of amides is 2. The second-order valence-corrected chi connectivity index (χ2v) is 5.59. The average molecular weight is 292 g/mol. The predicted molar refractivity (Wildman–Crippen MR) is 65.7 cm³/mol. The van der Waals surface area contributed by atoms with Gasteiger partial charge in [-0.05, 0) is 19.3 Å². The van der Waals surface area contributed by atoms with Crippen LogP contribution in [0.2, 0.25) is 0 Å². The average Bonchev–Trinajstić information content (AvgIpc) is 2.39. The summed E-state index contributed by atoms with van der Waals surface area (Å²) in [5.74, 6) is -2.09. The van der Waals surface area contributed by atoms with Crippen LogP contribution in [0.3, 0.4) is 0 Å². The molecule has 1 saturated carbocycles. The van der Waals surface area contributed by atoms with Crippen LogP contribution in [0.1, 0.15) is 38.5 Å². The zero-order valence-corrected chi connectivity index (χ0v) is 11.4. The fraction of sp³-hybridized carbons (Fsp3) is 0.846. The third kappa shape index (κ3) is 3.13. The number of hydrogen-bond donors (Lipinski definition) is 1. The van der Waals surface area contributed by atoms with Gasteiger partial charge in [-0.3, -0.25) is 14.5 Å². The molecular formula is C13H19F3N2O2. The van der Waals surface area contributed by atoms with Crippen LogP contribution in [0.5, 0.6) is 0 Å². The van der Waals surface area contributed by atoms with Crippen LogP contribution in [-0.4, -0.2) is 42.0 Å². The van der Waals surface area contributed by atoms with Crippen molar-refractivity contribution >= 4 is 11.8 Å². The van der Waals surface area contributed by atoms with Crippen molar-refractivity contribution in [2.75, 3.05) is 7.05 Å². The fourth-order valence-corrected chi connectivity index (χ4v) is 3.05. The summed E-state index contributed by atoms with van der Waals surface area (Å²) in [5.41, 5.74) is 0. The van der Waals surface area contributed by atoms with Crippen molar-refractivity contribution in [3.05, 3.63) is 0 Å². The van der Waals surface area contributed by atoms with Crippen LogP contribution in [-0.2, 0) is 9.59 Å². The molecule has 0 spiro atoms. The quantitative estimate of drug-likeness (QED) is 0.790. The molecule has 0 aromatic heterocycles. The van der Waals surface area contributed by atoms with Crippen molar-refractivity contribution in [3.8, 4) is 0 Å². The first-order valence-electron chi connectivity index (χ1n) is 6.94. The lowest BCUT2D eigenvalue weighted by atomic mass is 9.83. The third-order valence-electron chi connectivity index (χ3n) is 4.25. The van der Waals surface area contributed by atoms with E-state index in [0.29, 0.717) is 12.8 Å². The highest BCUT2D eigenvalue weighted by molar-refractivity contribution is 6.00. The Bertz CT molecular complexity index is 398. The van der Waals surface area contributed by atoms with Gasteiger partial charge in [-0.1, -0.05) is 12.8 Å². The maximum atomic E-state index is 13.0. The topological polar surface area (TPSA) is 49.4 Å². The molecule has 2 fully saturated rings. The smallest absolute Gasteiger partial charge is 0.302 e. The molecule has 1 aliphatic carbocycles. The highest BCUT2D eigenvalue weighted by Crippen LogP contribution is 2.38. The van der Waals surface area contributed by atoms with Gasteiger partial charge in [-0.15, -0.1) is 0 Å². The SMILES string of the molecule is CN1C(=O)CCC(NC2CCCCC2C(F)(F)F)C1=O. The highest BCUT2D eigenvalue weighted by Gasteiger charge is 2.46. The van der Waals surface area contributed by atoms with Crippen LogP contribution < -0.4 is 5.32 Å². The molecule has 1 aliphatic heterocycles. The number of nitrogens with zero attached hydrogens (tertiary/aromatic N) is 1. The van der Waals surface area contributed by atoms with Gasteiger partial charge in [0.15, 0.2) is 0 Å². The van der Waals surface area contributed by atoms with Gasteiger partial charge in [0.05, 0.1) is 12.0 Å². The summed E-state index contributed by atoms with van der Waals surface area (Å²) in [7, 11) is 1.38. The normalized spacial score (nSPS) is 32.6. The van der Waals surface area contributed by atoms with E-state index >= 15 is 0 Å². The Hall–Kier alpha value is -1.11. The zero-order chi connectivity index (χ0) is 14.9. The van der Waals surface area contributed by atoms with Crippen LogP contribution in [0.15, 0.2) is 0 Å². The standard InChI is InChI=1S/C13H19F3N2O2/c1-18-11(19)7-6-10(12(18)20)17-9-5-3-2-4-8(9)13(14,15)16/h8-10,17H,2-7H2,1H3. The first kappa shape index (κ1) is 15.3. The van der Waals surface area contributed by atoms with Crippen molar-refractivity contribution in [1.29, 1.82) is 0 Å². The highest BCUT2D eigenvalue weighted by atomic mass is 19.4. The van der Waals surface area contributed by atoms with E-state index in [1.807, 2.05) is 0 Å². The van der Waals surface area contributed by atoms with E-state index in [1.54, 1.807) is 0 Å². The van der Waals surface area contributed by atoms with Crippen molar-refractivity contribution in [3.63, 3.8) is 0 Å². The van der Waals surface area contributed by atoms with Crippen LogP contribution in [0, 0.1) is 5.92 Å². The number of likely N-dealkylation sites (N-methyl/N-ethyl adjacent to an activating group) is 1. The zero-order valence-electron chi connectivity index (χ0n) is 11.4. The van der Waals surface area contributed by atoms with E-state index in [9.17, 15) is 22.8 Å². The molecule has 3 atom stereocenters. The van der Waals surface area contributed by atoms with Crippen molar-refractivity contribution < 1.29 is 22.8 Å². The Morgan fingerprint density at radius 2 is 1.80 bits per heavy atom. The van der Waals surface area contributed by atoms with E-state index in [0.717, 1.165) is 11.3 Å². The molecule has 0 aromatic rings. The number of halogens is 3. The van der Waals surface area contributed by atoms with E-state index in [4.69, 9.17) is 0 Å². The lowest BCUT2D eigenvalue weighted by Crippen LogP contribution is -2.57. The van der Waals surface area contributed by atoms with Gasteiger partial charge in [0.25, 0.3) is 0 Å². The lowest BCUT2D eigenvalue weighted by molar-refractivity contribution is -0.190. The molecule has 0 radical (unpaired) electrons. The molecule has 1 heterocycles. The fourth-order valence-electron chi connectivity index (χ4n) is 3.05. The number of imide groups is 1. The van der Waals surface area contributed by atoms with Gasteiger partial charge < -0.3 is 5.32 Å². The minimum Gasteiger partial charge on any atom is -0.302 e. The van der Waals surface area contributed by atoms with Crippen LogP contribution >= 0.6 is 0 Å². The predicted octanol–water partition coefficient (Wildman–Crippen LogP) is 1.84. The molecule has 2 amide bonds. The molecule has 2 aliphatic rings. The van der Waals surface area contributed by atoms with Crippen LogP contribution in [0.25, 0.3) is 0 Å². The molecule has 1 N–H and O–H groups in total. The lowest BCUT2D eigenvalue weighted by Gasteiger charge is -2.37. The van der Waals surface area contributed by atoms with Gasteiger partial charge in [0, 0.05) is 19.5 Å². The summed E-state index contributed by atoms with van der Waals surface area (Å²) >= 11 is 0. The van der Waals surface area contributed by atoms with Gasteiger partial charge >= 0.3 is 6.18 Å². The summed E-state index contributed by atoms with van der Waals surface area (Å²) in [4.78, 5) is 24.3. The van der Waals surface area contributed by atoms with E-state index in [2.05, 4.69) is 5.32 Å². The maximum Gasteiger partial charge on any atom is 0.393 e. The molecular weight excluding hydrogens is 273 g/mol. The number of hydrogen-bond acceptors (Lipinski definition) is 3. The molecule has 1 saturated heterocycles. The second-order valence-electron chi connectivity index (χ2n) is 5.59. The molecule has 114 valence electrons. The van der Waals surface area contributed by atoms with Crippen LogP contribution in [0.4, 0.5) is 13.2 Å². The first-order chi connectivity index (χ1) is 9.30. The van der Waals surface area contributed by atoms with Crippen molar-refractivity contribution in [2.45, 2.75) is 56.8 Å². The second kappa shape index (κ2) is 5.71. The Kier molecular flexibility index (Phi) is 4.36. The number of alkyl halides is 3. The monoisotopic (exact) mass is 292 g/mol. The maximum absolute atomic E-state index is 13.0. The number of nitrogens with one attached hydrogen (secondary N) is 1. The van der Waals surface area contributed by atoms with Crippen molar-refractivity contribution in [2.24, 2.45) is 5.92 Å². The number of rotatable bonds is 2. The minimum absolute atomic E-state index is 0.108. The number of likely N-dealkylation sites (tertiary alicyclic amines) is 1. The Balaban J connectivity index is 2.04. The van der Waals surface area contributed by atoms with E-state index in [-0.39, 0.29) is 25.2 Å². The summed E-state index contributed by atoms with van der Waals surface area (Å²) in [6.45, 7) is 0. The summed E-state index contributed by atoms with van der Waals surface area (Å²) in [6, 6.07) is -1.40. The summed E-state index contributed by atoms with van der Waals surface area (Å²) < 4.78 is 39.0. The number of carbonyl (C=O) groups excluding carboxylic acids is 2. The molecule has 3 unspecified atom stereocenters. The number of piperidine rings is 1. The summed E-state index contributed by atoms with van der Waals surface area (Å²) in [6.07, 6.45) is -1.92. The molecule has 7 heteroatoms. The summed E-state index contributed by atoms with van der Waals surface area (Å²) in [5, 5.41) is 2.85. The molecule has 20 heavy (non-hydrogen) atoms. The largest absolute Gasteiger partial charge is 0.393 e. The number of carbonyl (C=O) groups is 2. The molecule has 2 rings (SSSR count). The van der Waals surface area contributed by atoms with Gasteiger partial charge in [-0.25, -0.2) is 0 Å². The molecule has 0 bridgehead atoms. The van der Waals surface area contributed by atoms with Crippen molar-refractivity contribution in [1.82, 2.24) is 10.2 Å². The minimum atomic E-state index is -4.24. The van der Waals surface area contributed by atoms with Gasteiger partial charge in [0.1, 0.15) is 0 Å². The van der Waals surface area contributed by atoms with Gasteiger partial charge in [-0.2, -0.15) is 13.2 Å². The Morgan fingerprint density at radius 1 is 1.15 bits per heavy atom. The van der Waals surface area contributed by atoms with E-state index in [1.165, 1.54) is 7.05 Å². The van der Waals surface area contributed by atoms with E-state index < -0.39 is 30.1 Å². The molecule has 0 aromatic carbocycles. The third-order valence-corrected chi connectivity index (χ3v) is 4.25. The Morgan fingerprint density at radius 3 is 2.45 bits per heavy atom.